The zero-order valence-corrected chi connectivity index (χ0v) is 13.4. The highest BCUT2D eigenvalue weighted by Crippen LogP contribution is 2.28. The van der Waals surface area contributed by atoms with Crippen LogP contribution < -0.4 is 0 Å². The number of amides is 1. The molecule has 0 N–H and O–H groups in total. The Morgan fingerprint density at radius 1 is 1.04 bits per heavy atom. The quantitative estimate of drug-likeness (QED) is 0.693. The first-order chi connectivity index (χ1) is 11.8. The Kier molecular flexibility index (Phi) is 2.95. The van der Waals surface area contributed by atoms with Crippen LogP contribution in [0.15, 0.2) is 36.4 Å². The Morgan fingerprint density at radius 2 is 1.96 bits per heavy atom. The van der Waals surface area contributed by atoms with Crippen LogP contribution in [-0.4, -0.2) is 32.1 Å². The van der Waals surface area contributed by atoms with E-state index in [9.17, 15) is 4.79 Å². The lowest BCUT2D eigenvalue weighted by Gasteiger charge is -2.28. The molecule has 1 amide bonds. The van der Waals surface area contributed by atoms with Crippen molar-refractivity contribution < 1.29 is 4.79 Å². The van der Waals surface area contributed by atoms with E-state index >= 15 is 0 Å². The van der Waals surface area contributed by atoms with Gasteiger partial charge in [-0.25, -0.2) is 4.98 Å². The van der Waals surface area contributed by atoms with E-state index in [1.54, 1.807) is 0 Å². The number of nitrogens with zero attached hydrogens (tertiary/aromatic N) is 4. The monoisotopic (exact) mass is 318 g/mol. The first-order valence-corrected chi connectivity index (χ1v) is 8.52. The fourth-order valence-electron chi connectivity index (χ4n) is 3.87. The van der Waals surface area contributed by atoms with Crippen LogP contribution in [0.25, 0.3) is 10.9 Å². The lowest BCUT2D eigenvalue weighted by atomic mass is 10.1. The van der Waals surface area contributed by atoms with Crippen molar-refractivity contribution in [2.45, 2.75) is 32.4 Å². The molecule has 24 heavy (non-hydrogen) atoms. The number of aromatic nitrogens is 3. The number of pyridine rings is 1. The average Bonchev–Trinajstić information content (AvgIpc) is 3.21. The Hall–Kier alpha value is -2.69. The van der Waals surface area contributed by atoms with Gasteiger partial charge in [-0.2, -0.15) is 5.10 Å². The van der Waals surface area contributed by atoms with Crippen LogP contribution in [0, 0.1) is 0 Å². The minimum atomic E-state index is 0.0138. The molecule has 3 aromatic rings. The van der Waals surface area contributed by atoms with Gasteiger partial charge >= 0.3 is 0 Å². The molecule has 5 nitrogen and oxygen atoms in total. The average molecular weight is 318 g/mol. The predicted octanol–water partition coefficient (Wildman–Crippen LogP) is 2.58. The Bertz CT molecular complexity index is 959. The van der Waals surface area contributed by atoms with Gasteiger partial charge in [-0.15, -0.1) is 0 Å². The number of carbonyl (C=O) groups is 1. The summed E-state index contributed by atoms with van der Waals surface area (Å²) in [7, 11) is 0. The SMILES string of the molecule is O=C(c1ccc2ccccc2n1)N1CCn2nc3c(c2C1)CCC3. The van der Waals surface area contributed by atoms with Gasteiger partial charge in [-0.3, -0.25) is 9.48 Å². The summed E-state index contributed by atoms with van der Waals surface area (Å²) in [5.41, 5.74) is 5.23. The zero-order valence-electron chi connectivity index (χ0n) is 13.4. The fraction of sp³-hybridized carbons (Fsp3) is 0.316. The number of carbonyl (C=O) groups excluding carboxylic acids is 1. The number of benzene rings is 1. The molecule has 120 valence electrons. The van der Waals surface area contributed by atoms with Crippen molar-refractivity contribution in [3.63, 3.8) is 0 Å². The van der Waals surface area contributed by atoms with Crippen LogP contribution >= 0.6 is 0 Å². The van der Waals surface area contributed by atoms with E-state index in [-0.39, 0.29) is 5.91 Å². The minimum absolute atomic E-state index is 0.0138. The molecule has 0 atom stereocenters. The van der Waals surface area contributed by atoms with Crippen LogP contribution in [0.3, 0.4) is 0 Å². The second-order valence-electron chi connectivity index (χ2n) is 6.56. The normalized spacial score (nSPS) is 16.2. The molecule has 2 aromatic heterocycles. The van der Waals surface area contributed by atoms with Gasteiger partial charge in [0, 0.05) is 11.9 Å². The third-order valence-corrected chi connectivity index (χ3v) is 5.12. The van der Waals surface area contributed by atoms with Gasteiger partial charge in [0.2, 0.25) is 0 Å². The number of hydrogen-bond acceptors (Lipinski definition) is 3. The molecular weight excluding hydrogens is 300 g/mol. The lowest BCUT2D eigenvalue weighted by Crippen LogP contribution is -2.39. The van der Waals surface area contributed by atoms with E-state index in [0.717, 1.165) is 30.3 Å². The van der Waals surface area contributed by atoms with Crippen molar-refractivity contribution >= 4 is 16.8 Å². The number of para-hydroxylation sites is 1. The van der Waals surface area contributed by atoms with Crippen LogP contribution in [0.5, 0.6) is 0 Å². The Labute approximate surface area is 139 Å². The van der Waals surface area contributed by atoms with Crippen LogP contribution in [0.2, 0.25) is 0 Å². The van der Waals surface area contributed by atoms with Gasteiger partial charge in [0.25, 0.3) is 5.91 Å². The summed E-state index contributed by atoms with van der Waals surface area (Å²) in [4.78, 5) is 19.4. The summed E-state index contributed by atoms with van der Waals surface area (Å²) in [5, 5.41) is 5.76. The molecule has 0 saturated heterocycles. The Balaban J connectivity index is 1.46. The van der Waals surface area contributed by atoms with Crippen LogP contribution in [0.4, 0.5) is 0 Å². The molecule has 2 aliphatic rings. The maximum absolute atomic E-state index is 12.9. The number of hydrogen-bond donors (Lipinski definition) is 0. The molecule has 0 spiro atoms. The standard InChI is InChI=1S/C19H18N4O/c24-19(17-9-8-13-4-1-2-6-15(13)20-17)22-10-11-23-18(12-22)14-5-3-7-16(14)21-23/h1-2,4,6,8-9H,3,5,7,10-12H2. The van der Waals surface area contributed by atoms with Crippen molar-refractivity contribution in [3.8, 4) is 0 Å². The maximum Gasteiger partial charge on any atom is 0.272 e. The molecule has 1 aliphatic carbocycles. The topological polar surface area (TPSA) is 51.0 Å². The van der Waals surface area contributed by atoms with E-state index in [0.29, 0.717) is 18.8 Å². The molecule has 5 heteroatoms. The second kappa shape index (κ2) is 5.16. The number of rotatable bonds is 1. The summed E-state index contributed by atoms with van der Waals surface area (Å²) >= 11 is 0. The molecule has 0 bridgehead atoms. The predicted molar refractivity (Wildman–Crippen MR) is 90.7 cm³/mol. The van der Waals surface area contributed by atoms with Crippen molar-refractivity contribution in [3.05, 3.63) is 59.0 Å². The minimum Gasteiger partial charge on any atom is -0.330 e. The number of fused-ring (bicyclic) bond motifs is 4. The molecular formula is C19H18N4O. The van der Waals surface area contributed by atoms with E-state index in [1.807, 2.05) is 41.3 Å². The summed E-state index contributed by atoms with van der Waals surface area (Å²) in [6.45, 7) is 2.12. The summed E-state index contributed by atoms with van der Waals surface area (Å²) in [5.74, 6) is 0.0138. The zero-order chi connectivity index (χ0) is 16.1. The molecule has 1 aromatic carbocycles. The van der Waals surface area contributed by atoms with Crippen LogP contribution in [0.1, 0.15) is 33.9 Å². The molecule has 0 fully saturated rings. The van der Waals surface area contributed by atoms with Gasteiger partial charge in [0.1, 0.15) is 5.69 Å². The van der Waals surface area contributed by atoms with Crippen LogP contribution in [-0.2, 0) is 25.9 Å². The van der Waals surface area contributed by atoms with E-state index < -0.39 is 0 Å². The molecule has 0 radical (unpaired) electrons. The van der Waals surface area contributed by atoms with Crippen molar-refractivity contribution in [2.24, 2.45) is 0 Å². The number of aryl methyl sites for hydroxylation is 1. The molecule has 0 unspecified atom stereocenters. The van der Waals surface area contributed by atoms with Gasteiger partial charge < -0.3 is 4.90 Å². The first kappa shape index (κ1) is 13.7. The summed E-state index contributed by atoms with van der Waals surface area (Å²) in [6, 6.07) is 11.7. The second-order valence-corrected chi connectivity index (χ2v) is 6.56. The van der Waals surface area contributed by atoms with Gasteiger partial charge in [0.05, 0.1) is 30.0 Å². The largest absolute Gasteiger partial charge is 0.330 e. The highest BCUT2D eigenvalue weighted by atomic mass is 16.2. The van der Waals surface area contributed by atoms with E-state index in [2.05, 4.69) is 9.67 Å². The fourth-order valence-corrected chi connectivity index (χ4v) is 3.87. The van der Waals surface area contributed by atoms with E-state index in [1.165, 1.54) is 23.4 Å². The Morgan fingerprint density at radius 3 is 2.92 bits per heavy atom. The highest BCUT2D eigenvalue weighted by molar-refractivity contribution is 5.95. The maximum atomic E-state index is 12.9. The molecule has 5 rings (SSSR count). The molecule has 1 aliphatic heterocycles. The van der Waals surface area contributed by atoms with Crippen molar-refractivity contribution in [1.29, 1.82) is 0 Å². The summed E-state index contributed by atoms with van der Waals surface area (Å²) in [6.07, 6.45) is 3.36. The lowest BCUT2D eigenvalue weighted by molar-refractivity contribution is 0.0699. The molecule has 3 heterocycles. The smallest absolute Gasteiger partial charge is 0.272 e. The first-order valence-electron chi connectivity index (χ1n) is 8.52. The van der Waals surface area contributed by atoms with Gasteiger partial charge in [-0.05, 0) is 37.0 Å². The highest BCUT2D eigenvalue weighted by Gasteiger charge is 2.29. The van der Waals surface area contributed by atoms with E-state index in [4.69, 9.17) is 5.10 Å². The van der Waals surface area contributed by atoms with Crippen molar-refractivity contribution in [2.75, 3.05) is 6.54 Å². The summed E-state index contributed by atoms with van der Waals surface area (Å²) < 4.78 is 2.10. The van der Waals surface area contributed by atoms with Crippen molar-refractivity contribution in [1.82, 2.24) is 19.7 Å². The third kappa shape index (κ3) is 2.04. The van der Waals surface area contributed by atoms with Gasteiger partial charge in [-0.1, -0.05) is 24.3 Å². The van der Waals surface area contributed by atoms with Gasteiger partial charge in [0.15, 0.2) is 0 Å². The molecule has 0 saturated carbocycles. The third-order valence-electron chi connectivity index (χ3n) is 5.12.